The van der Waals surface area contributed by atoms with Crippen molar-refractivity contribution < 1.29 is 19.1 Å². The second-order valence-electron chi connectivity index (χ2n) is 5.81. The van der Waals surface area contributed by atoms with E-state index in [9.17, 15) is 9.59 Å². The summed E-state index contributed by atoms with van der Waals surface area (Å²) in [5.74, 6) is -0.255. The highest BCUT2D eigenvalue weighted by Crippen LogP contribution is 2.23. The van der Waals surface area contributed by atoms with Gasteiger partial charge in [0.05, 0.1) is 13.5 Å². The predicted molar refractivity (Wildman–Crippen MR) is 105 cm³/mol. The van der Waals surface area contributed by atoms with E-state index < -0.39 is 18.0 Å². The molecule has 0 saturated carbocycles. The molecule has 27 heavy (non-hydrogen) atoms. The lowest BCUT2D eigenvalue weighted by Gasteiger charge is -2.18. The van der Waals surface area contributed by atoms with Crippen LogP contribution in [0, 0.1) is 0 Å². The van der Waals surface area contributed by atoms with E-state index in [-0.39, 0.29) is 6.42 Å². The number of hydrogen-bond acceptors (Lipinski definition) is 5. The van der Waals surface area contributed by atoms with E-state index in [1.165, 1.54) is 11.3 Å². The molecule has 0 radical (unpaired) electrons. The van der Waals surface area contributed by atoms with Crippen LogP contribution in [0.25, 0.3) is 0 Å². The standard InChI is InChI=1S/C21H19NO4S/c1-25-18-9-5-8-17(13-18)22-21(24)20(16-6-3-2-4-7-16)26-19(23)12-15-10-11-27-14-15/h2-11,13-14,20H,12H2,1H3,(H,22,24)/t20-/m1/s1. The van der Waals surface area contributed by atoms with E-state index in [0.717, 1.165) is 5.56 Å². The minimum atomic E-state index is -1.04. The summed E-state index contributed by atoms with van der Waals surface area (Å²) in [5.41, 5.74) is 2.04. The van der Waals surface area contributed by atoms with Gasteiger partial charge in [0.15, 0.2) is 0 Å². The fourth-order valence-corrected chi connectivity index (χ4v) is 3.21. The first kappa shape index (κ1) is 18.7. The van der Waals surface area contributed by atoms with Crippen LogP contribution in [0.1, 0.15) is 17.2 Å². The van der Waals surface area contributed by atoms with Crippen LogP contribution >= 0.6 is 11.3 Å². The summed E-state index contributed by atoms with van der Waals surface area (Å²) < 4.78 is 10.7. The fourth-order valence-electron chi connectivity index (χ4n) is 2.54. The highest BCUT2D eigenvalue weighted by Gasteiger charge is 2.25. The Labute approximate surface area is 161 Å². The first-order valence-electron chi connectivity index (χ1n) is 8.36. The second-order valence-corrected chi connectivity index (χ2v) is 6.59. The van der Waals surface area contributed by atoms with Gasteiger partial charge in [-0.25, -0.2) is 0 Å². The lowest BCUT2D eigenvalue weighted by Crippen LogP contribution is -2.26. The van der Waals surface area contributed by atoms with Crippen LogP contribution in [-0.4, -0.2) is 19.0 Å². The van der Waals surface area contributed by atoms with Crippen molar-refractivity contribution in [2.75, 3.05) is 12.4 Å². The molecule has 6 heteroatoms. The van der Waals surface area contributed by atoms with Crippen LogP contribution in [0.4, 0.5) is 5.69 Å². The summed E-state index contributed by atoms with van der Waals surface area (Å²) in [6.45, 7) is 0. The normalized spacial score (nSPS) is 11.4. The van der Waals surface area contributed by atoms with Crippen LogP contribution in [0.2, 0.25) is 0 Å². The van der Waals surface area contributed by atoms with Gasteiger partial charge in [-0.15, -0.1) is 0 Å². The molecule has 0 bridgehead atoms. The van der Waals surface area contributed by atoms with Gasteiger partial charge in [0.1, 0.15) is 5.75 Å². The minimum absolute atomic E-state index is 0.124. The van der Waals surface area contributed by atoms with Crippen LogP contribution in [0.3, 0.4) is 0 Å². The summed E-state index contributed by atoms with van der Waals surface area (Å²) in [6.07, 6.45) is -0.914. The van der Waals surface area contributed by atoms with Crippen LogP contribution in [-0.2, 0) is 20.7 Å². The SMILES string of the molecule is COc1cccc(NC(=O)[C@H](OC(=O)Cc2ccsc2)c2ccccc2)c1. The molecule has 1 atom stereocenters. The quantitative estimate of drug-likeness (QED) is 0.622. The van der Waals surface area contributed by atoms with E-state index in [1.807, 2.05) is 22.9 Å². The lowest BCUT2D eigenvalue weighted by atomic mass is 10.1. The number of rotatable bonds is 7. The molecule has 1 aromatic heterocycles. The van der Waals surface area contributed by atoms with E-state index in [0.29, 0.717) is 17.0 Å². The number of hydrogen-bond donors (Lipinski definition) is 1. The van der Waals surface area contributed by atoms with Crippen LogP contribution in [0.15, 0.2) is 71.4 Å². The summed E-state index contributed by atoms with van der Waals surface area (Å²) in [6, 6.07) is 17.8. The van der Waals surface area contributed by atoms with Crippen molar-refractivity contribution in [1.82, 2.24) is 0 Å². The molecular weight excluding hydrogens is 362 g/mol. The average Bonchev–Trinajstić information content (AvgIpc) is 3.19. The Bertz CT molecular complexity index is 894. The van der Waals surface area contributed by atoms with Gasteiger partial charge in [-0.2, -0.15) is 11.3 Å². The molecule has 0 unspecified atom stereocenters. The molecule has 3 rings (SSSR count). The molecule has 0 aliphatic carbocycles. The molecule has 1 heterocycles. The zero-order valence-electron chi connectivity index (χ0n) is 14.8. The summed E-state index contributed by atoms with van der Waals surface area (Å²) in [5, 5.41) is 6.56. The topological polar surface area (TPSA) is 64.6 Å². The molecule has 2 aromatic carbocycles. The Balaban J connectivity index is 1.76. The number of methoxy groups -OCH3 is 1. The fraction of sp³-hybridized carbons (Fsp3) is 0.143. The summed E-state index contributed by atoms with van der Waals surface area (Å²) in [4.78, 5) is 25.2. The van der Waals surface area contributed by atoms with Crippen molar-refractivity contribution in [3.05, 3.63) is 82.6 Å². The summed E-state index contributed by atoms with van der Waals surface area (Å²) >= 11 is 1.51. The van der Waals surface area contributed by atoms with Gasteiger partial charge in [0.2, 0.25) is 6.10 Å². The number of ether oxygens (including phenoxy) is 2. The van der Waals surface area contributed by atoms with Gasteiger partial charge < -0.3 is 14.8 Å². The molecule has 0 spiro atoms. The molecule has 0 saturated heterocycles. The highest BCUT2D eigenvalue weighted by atomic mass is 32.1. The number of carbonyl (C=O) groups is 2. The van der Waals surface area contributed by atoms with Crippen LogP contribution in [0.5, 0.6) is 5.75 Å². The maximum atomic E-state index is 12.8. The number of nitrogens with one attached hydrogen (secondary N) is 1. The number of amides is 1. The molecule has 0 aliphatic rings. The van der Waals surface area contributed by atoms with Crippen molar-refractivity contribution in [3.63, 3.8) is 0 Å². The van der Waals surface area contributed by atoms with E-state index in [2.05, 4.69) is 5.32 Å². The highest BCUT2D eigenvalue weighted by molar-refractivity contribution is 7.08. The van der Waals surface area contributed by atoms with E-state index >= 15 is 0 Å². The molecule has 3 aromatic rings. The molecule has 138 valence electrons. The molecule has 5 nitrogen and oxygen atoms in total. The lowest BCUT2D eigenvalue weighted by molar-refractivity contribution is -0.154. The smallest absolute Gasteiger partial charge is 0.311 e. The van der Waals surface area contributed by atoms with Crippen LogP contribution < -0.4 is 10.1 Å². The van der Waals surface area contributed by atoms with E-state index in [4.69, 9.17) is 9.47 Å². The van der Waals surface area contributed by atoms with Gasteiger partial charge in [-0.1, -0.05) is 36.4 Å². The Hall–Kier alpha value is -3.12. The Morgan fingerprint density at radius 2 is 1.89 bits per heavy atom. The average molecular weight is 381 g/mol. The number of anilines is 1. The zero-order chi connectivity index (χ0) is 19.1. The Kier molecular flexibility index (Phi) is 6.22. The minimum Gasteiger partial charge on any atom is -0.497 e. The monoisotopic (exact) mass is 381 g/mol. The predicted octanol–water partition coefficient (Wildman–Crippen LogP) is 4.22. The van der Waals surface area contributed by atoms with Crippen molar-refractivity contribution >= 4 is 28.9 Å². The summed E-state index contributed by atoms with van der Waals surface area (Å²) in [7, 11) is 1.56. The van der Waals surface area contributed by atoms with E-state index in [1.54, 1.807) is 55.6 Å². The number of benzene rings is 2. The largest absolute Gasteiger partial charge is 0.497 e. The first-order chi connectivity index (χ1) is 13.2. The van der Waals surface area contributed by atoms with Gasteiger partial charge in [0.25, 0.3) is 5.91 Å². The second kappa shape index (κ2) is 9.00. The van der Waals surface area contributed by atoms with Crippen molar-refractivity contribution in [3.8, 4) is 5.75 Å². The number of carbonyl (C=O) groups excluding carboxylic acids is 2. The molecule has 0 fully saturated rings. The van der Waals surface area contributed by atoms with Gasteiger partial charge in [-0.3, -0.25) is 9.59 Å². The number of thiophene rings is 1. The maximum Gasteiger partial charge on any atom is 0.311 e. The maximum absolute atomic E-state index is 12.8. The molecule has 1 amide bonds. The Morgan fingerprint density at radius 3 is 2.59 bits per heavy atom. The third kappa shape index (κ3) is 5.18. The van der Waals surface area contributed by atoms with Crippen molar-refractivity contribution in [2.45, 2.75) is 12.5 Å². The first-order valence-corrected chi connectivity index (χ1v) is 9.30. The van der Waals surface area contributed by atoms with Gasteiger partial charge >= 0.3 is 5.97 Å². The zero-order valence-corrected chi connectivity index (χ0v) is 15.6. The third-order valence-corrected chi connectivity index (χ3v) is 4.59. The van der Waals surface area contributed by atoms with Gasteiger partial charge in [-0.05, 0) is 34.5 Å². The Morgan fingerprint density at radius 1 is 1.07 bits per heavy atom. The van der Waals surface area contributed by atoms with Crippen molar-refractivity contribution in [1.29, 1.82) is 0 Å². The van der Waals surface area contributed by atoms with Crippen molar-refractivity contribution in [2.24, 2.45) is 0 Å². The van der Waals surface area contributed by atoms with Gasteiger partial charge in [0, 0.05) is 17.3 Å². The molecule has 1 N–H and O–H groups in total. The number of esters is 1. The third-order valence-electron chi connectivity index (χ3n) is 3.86. The molecular formula is C21H19NO4S. The molecule has 0 aliphatic heterocycles.